The Morgan fingerprint density at radius 2 is 1.65 bits per heavy atom. The Balaban J connectivity index is 1.81. The smallest absolute Gasteiger partial charge is 0.326 e. The number of aromatic nitrogens is 1. The van der Waals surface area contributed by atoms with E-state index in [1.165, 1.54) is 4.90 Å². The molecule has 3 rings (SSSR count). The Morgan fingerprint density at radius 1 is 0.975 bits per heavy atom. The van der Waals surface area contributed by atoms with E-state index in [1.807, 2.05) is 24.3 Å². The van der Waals surface area contributed by atoms with Crippen LogP contribution in [0, 0.1) is 0 Å². The summed E-state index contributed by atoms with van der Waals surface area (Å²) in [5.41, 5.74) is 7.40. The van der Waals surface area contributed by atoms with Crippen molar-refractivity contribution in [3.8, 4) is 0 Å². The van der Waals surface area contributed by atoms with Crippen molar-refractivity contribution in [3.63, 3.8) is 0 Å². The fourth-order valence-corrected chi connectivity index (χ4v) is 4.71. The number of carbonyl (C=O) groups is 6. The number of aliphatic carboxylic acids is 3. The number of fused-ring (bicyclic) bond motifs is 1. The third-order valence-corrected chi connectivity index (χ3v) is 6.82. The number of likely N-dealkylation sites (tertiary alicyclic amines) is 1. The van der Waals surface area contributed by atoms with Crippen LogP contribution in [0.1, 0.15) is 44.1 Å². The van der Waals surface area contributed by atoms with Crippen molar-refractivity contribution in [1.82, 2.24) is 20.5 Å². The summed E-state index contributed by atoms with van der Waals surface area (Å²) in [5.74, 6) is -5.78. The molecule has 8 N–H and O–H groups in total. The molecular weight excluding hydrogens is 526 g/mol. The van der Waals surface area contributed by atoms with Crippen LogP contribution in [-0.2, 0) is 35.2 Å². The van der Waals surface area contributed by atoms with E-state index in [0.717, 1.165) is 10.9 Å². The zero-order valence-electron chi connectivity index (χ0n) is 21.7. The molecule has 1 aliphatic heterocycles. The van der Waals surface area contributed by atoms with Crippen LogP contribution in [0.5, 0.6) is 0 Å². The van der Waals surface area contributed by atoms with Gasteiger partial charge in [-0.05, 0) is 37.3 Å². The number of aromatic amines is 1. The summed E-state index contributed by atoms with van der Waals surface area (Å²) in [4.78, 5) is 77.4. The lowest BCUT2D eigenvalue weighted by molar-refractivity contribution is -0.145. The Morgan fingerprint density at radius 3 is 2.33 bits per heavy atom. The number of carboxylic acid groups (broad SMARTS) is 3. The van der Waals surface area contributed by atoms with Crippen LogP contribution in [0.25, 0.3) is 10.9 Å². The van der Waals surface area contributed by atoms with Crippen LogP contribution < -0.4 is 16.4 Å². The van der Waals surface area contributed by atoms with Crippen molar-refractivity contribution < 1.29 is 44.1 Å². The average molecular weight is 560 g/mol. The maximum Gasteiger partial charge on any atom is 0.326 e. The summed E-state index contributed by atoms with van der Waals surface area (Å²) in [6, 6.07) is 2.54. The van der Waals surface area contributed by atoms with Crippen LogP contribution in [0.4, 0.5) is 0 Å². The lowest BCUT2D eigenvalue weighted by atomic mass is 10.0. The Bertz CT molecular complexity index is 1280. The fraction of sp³-hybridized carbons (Fsp3) is 0.462. The second kappa shape index (κ2) is 13.6. The Labute approximate surface area is 228 Å². The van der Waals surface area contributed by atoms with Crippen LogP contribution in [-0.4, -0.2) is 91.5 Å². The van der Waals surface area contributed by atoms with Crippen molar-refractivity contribution in [2.24, 2.45) is 5.73 Å². The van der Waals surface area contributed by atoms with E-state index in [4.69, 9.17) is 15.9 Å². The first kappa shape index (κ1) is 30.1. The van der Waals surface area contributed by atoms with Crippen molar-refractivity contribution in [2.75, 3.05) is 6.54 Å². The minimum absolute atomic E-state index is 0.0431. The molecule has 1 aromatic carbocycles. The van der Waals surface area contributed by atoms with E-state index in [9.17, 15) is 33.9 Å². The van der Waals surface area contributed by atoms with Gasteiger partial charge < -0.3 is 41.6 Å². The monoisotopic (exact) mass is 559 g/mol. The molecule has 1 aliphatic rings. The quantitative estimate of drug-likeness (QED) is 0.161. The molecule has 0 bridgehead atoms. The standard InChI is InChI=1S/C26H33N5O9/c27-16(7-9-21(32)33)23(36)30-19(12-14-13-28-17-5-2-1-4-15(14)17)25(38)31-11-3-6-20(31)24(37)29-18(26(39)40)8-10-22(34)35/h1-2,4-5,13,16,18-20,28H,3,6-12,27H2,(H,29,37)(H,30,36)(H,32,33)(H,34,35)(H,39,40). The molecule has 40 heavy (non-hydrogen) atoms. The number of nitrogens with one attached hydrogen (secondary N) is 3. The van der Waals surface area contributed by atoms with E-state index in [0.29, 0.717) is 12.0 Å². The molecule has 4 unspecified atom stereocenters. The van der Waals surface area contributed by atoms with Crippen LogP contribution in [0.15, 0.2) is 30.5 Å². The number of nitrogens with two attached hydrogens (primary N) is 1. The van der Waals surface area contributed by atoms with Crippen LogP contribution in [0.2, 0.25) is 0 Å². The van der Waals surface area contributed by atoms with Gasteiger partial charge in [-0.1, -0.05) is 18.2 Å². The molecule has 1 fully saturated rings. The van der Waals surface area contributed by atoms with Gasteiger partial charge in [0.2, 0.25) is 17.7 Å². The van der Waals surface area contributed by atoms with Gasteiger partial charge in [0.1, 0.15) is 18.1 Å². The molecule has 0 saturated carbocycles. The van der Waals surface area contributed by atoms with Crippen molar-refractivity contribution in [3.05, 3.63) is 36.0 Å². The van der Waals surface area contributed by atoms with Crippen LogP contribution in [0.3, 0.4) is 0 Å². The van der Waals surface area contributed by atoms with E-state index >= 15 is 0 Å². The highest BCUT2D eigenvalue weighted by Gasteiger charge is 2.39. The molecule has 216 valence electrons. The molecule has 2 aromatic rings. The third kappa shape index (κ3) is 7.79. The lowest BCUT2D eigenvalue weighted by Gasteiger charge is -2.30. The van der Waals surface area contributed by atoms with Gasteiger partial charge in [0.25, 0.3) is 0 Å². The summed E-state index contributed by atoms with van der Waals surface area (Å²) < 4.78 is 0. The van der Waals surface area contributed by atoms with Gasteiger partial charge in [-0.25, -0.2) is 4.79 Å². The molecule has 0 radical (unpaired) electrons. The third-order valence-electron chi connectivity index (χ3n) is 6.82. The summed E-state index contributed by atoms with van der Waals surface area (Å²) >= 11 is 0. The predicted octanol–water partition coefficient (Wildman–Crippen LogP) is -0.187. The molecule has 14 nitrogen and oxygen atoms in total. The highest BCUT2D eigenvalue weighted by atomic mass is 16.4. The highest BCUT2D eigenvalue weighted by Crippen LogP contribution is 2.23. The number of amides is 3. The zero-order chi connectivity index (χ0) is 29.4. The molecule has 3 amide bonds. The van der Waals surface area contributed by atoms with E-state index in [-0.39, 0.29) is 38.6 Å². The number of nitrogens with zero attached hydrogens (tertiary/aromatic N) is 1. The van der Waals surface area contributed by atoms with Crippen molar-refractivity contribution >= 4 is 46.5 Å². The Kier molecular flexibility index (Phi) is 10.2. The molecule has 1 aromatic heterocycles. The van der Waals surface area contributed by atoms with Gasteiger partial charge in [0.15, 0.2) is 0 Å². The SMILES string of the molecule is NC(CCC(=O)O)C(=O)NC(Cc1c[nH]c2ccccc12)C(=O)N1CCCC1C(=O)NC(CCC(=O)O)C(=O)O. The van der Waals surface area contributed by atoms with Gasteiger partial charge in [-0.2, -0.15) is 0 Å². The molecular formula is C26H33N5O9. The highest BCUT2D eigenvalue weighted by molar-refractivity contribution is 5.95. The number of H-pyrrole nitrogens is 1. The van der Waals surface area contributed by atoms with Crippen LogP contribution >= 0.6 is 0 Å². The van der Waals surface area contributed by atoms with E-state index in [2.05, 4.69) is 15.6 Å². The number of hydrogen-bond donors (Lipinski definition) is 7. The maximum atomic E-state index is 13.8. The van der Waals surface area contributed by atoms with E-state index in [1.54, 1.807) is 6.20 Å². The number of carbonyl (C=O) groups excluding carboxylic acids is 3. The molecule has 0 aliphatic carbocycles. The normalized spacial score (nSPS) is 17.1. The summed E-state index contributed by atoms with van der Waals surface area (Å²) in [7, 11) is 0. The molecule has 2 heterocycles. The molecule has 14 heteroatoms. The summed E-state index contributed by atoms with van der Waals surface area (Å²) in [5, 5.41) is 33.0. The van der Waals surface area contributed by atoms with Crippen molar-refractivity contribution in [2.45, 2.75) is 69.1 Å². The number of hydrogen-bond acceptors (Lipinski definition) is 7. The first-order valence-electron chi connectivity index (χ1n) is 12.9. The largest absolute Gasteiger partial charge is 0.481 e. The van der Waals surface area contributed by atoms with Gasteiger partial charge in [-0.15, -0.1) is 0 Å². The van der Waals surface area contributed by atoms with Gasteiger partial charge in [0, 0.05) is 42.9 Å². The van der Waals surface area contributed by atoms with Crippen molar-refractivity contribution in [1.29, 1.82) is 0 Å². The fourth-order valence-electron chi connectivity index (χ4n) is 4.71. The number of rotatable bonds is 14. The lowest BCUT2D eigenvalue weighted by Crippen LogP contribution is -2.57. The second-order valence-corrected chi connectivity index (χ2v) is 9.69. The first-order chi connectivity index (χ1) is 19.0. The van der Waals surface area contributed by atoms with Gasteiger partial charge in [0.05, 0.1) is 6.04 Å². The minimum Gasteiger partial charge on any atom is -0.481 e. The summed E-state index contributed by atoms with van der Waals surface area (Å²) in [6.07, 6.45) is 1.16. The minimum atomic E-state index is -1.45. The number of benzene rings is 1. The average Bonchev–Trinajstić information content (AvgIpc) is 3.56. The maximum absolute atomic E-state index is 13.8. The first-order valence-corrected chi connectivity index (χ1v) is 12.9. The molecule has 1 saturated heterocycles. The second-order valence-electron chi connectivity index (χ2n) is 9.69. The number of para-hydroxylation sites is 1. The topological polar surface area (TPSA) is 232 Å². The predicted molar refractivity (Wildman–Crippen MR) is 140 cm³/mol. The number of carboxylic acids is 3. The summed E-state index contributed by atoms with van der Waals surface area (Å²) in [6.45, 7) is 0.176. The molecule has 0 spiro atoms. The van der Waals surface area contributed by atoms with Gasteiger partial charge in [-0.3, -0.25) is 24.0 Å². The molecule has 4 atom stereocenters. The zero-order valence-corrected chi connectivity index (χ0v) is 21.7. The Hall–Kier alpha value is -4.46. The van der Waals surface area contributed by atoms with E-state index < -0.39 is 66.2 Å². The van der Waals surface area contributed by atoms with Gasteiger partial charge >= 0.3 is 17.9 Å².